The van der Waals surface area contributed by atoms with Gasteiger partial charge in [-0.2, -0.15) is 4.98 Å². The maximum Gasteiger partial charge on any atom is 0.253 e. The van der Waals surface area contributed by atoms with Gasteiger partial charge in [-0.05, 0) is 37.1 Å². The highest BCUT2D eigenvalue weighted by atomic mass is 35.5. The van der Waals surface area contributed by atoms with Crippen LogP contribution in [0.4, 0.5) is 11.8 Å². The molecule has 1 atom stereocenters. The quantitative estimate of drug-likeness (QED) is 0.549. The van der Waals surface area contributed by atoms with Crippen molar-refractivity contribution in [2.45, 2.75) is 26.8 Å². The summed E-state index contributed by atoms with van der Waals surface area (Å²) in [4.78, 5) is 24.2. The van der Waals surface area contributed by atoms with Gasteiger partial charge in [0.15, 0.2) is 11.6 Å². The van der Waals surface area contributed by atoms with Gasteiger partial charge < -0.3 is 20.4 Å². The van der Waals surface area contributed by atoms with Crippen molar-refractivity contribution >= 4 is 34.3 Å². The fraction of sp³-hybridized carbons (Fsp3) is 0.350. The van der Waals surface area contributed by atoms with E-state index < -0.39 is 0 Å². The second-order valence-electron chi connectivity index (χ2n) is 7.04. The number of nitrogens with one attached hydrogen (secondary N) is 3. The number of halogens is 1. The molecule has 0 radical (unpaired) electrons. The molecule has 1 aromatic carbocycles. The minimum atomic E-state index is -0.307. The summed E-state index contributed by atoms with van der Waals surface area (Å²) in [6.45, 7) is 6.86. The van der Waals surface area contributed by atoms with Crippen LogP contribution in [0.1, 0.15) is 32.4 Å². The Morgan fingerprint density at radius 3 is 2.75 bits per heavy atom. The molecule has 0 aliphatic heterocycles. The Kier molecular flexibility index (Phi) is 6.04. The zero-order valence-electron chi connectivity index (χ0n) is 16.3. The Morgan fingerprint density at radius 1 is 1.25 bits per heavy atom. The van der Waals surface area contributed by atoms with Crippen LogP contribution in [-0.2, 0) is 0 Å². The van der Waals surface area contributed by atoms with E-state index in [0.717, 1.165) is 17.4 Å². The lowest BCUT2D eigenvalue weighted by molar-refractivity contribution is 0.412. The van der Waals surface area contributed by atoms with Crippen LogP contribution in [0.25, 0.3) is 10.9 Å². The molecular formula is C20H24ClN5O2. The van der Waals surface area contributed by atoms with Crippen molar-refractivity contribution in [3.8, 4) is 5.75 Å². The summed E-state index contributed by atoms with van der Waals surface area (Å²) in [7, 11) is 1.58. The number of anilines is 2. The van der Waals surface area contributed by atoms with Crippen LogP contribution >= 0.6 is 11.6 Å². The van der Waals surface area contributed by atoms with Crippen molar-refractivity contribution in [2.75, 3.05) is 24.3 Å². The molecule has 8 heteroatoms. The number of pyridine rings is 1. The molecule has 0 saturated carbocycles. The number of ether oxygens (including phenoxy) is 1. The lowest BCUT2D eigenvalue weighted by Crippen LogP contribution is -2.20. The molecule has 3 N–H and O–H groups in total. The zero-order valence-corrected chi connectivity index (χ0v) is 17.1. The molecule has 28 heavy (non-hydrogen) atoms. The average Bonchev–Trinajstić information content (AvgIpc) is 2.66. The number of hydrogen-bond acceptors (Lipinski definition) is 6. The van der Waals surface area contributed by atoms with Crippen LogP contribution in [0.15, 0.2) is 35.3 Å². The van der Waals surface area contributed by atoms with E-state index in [2.05, 4.69) is 39.4 Å². The molecule has 0 bridgehead atoms. The van der Waals surface area contributed by atoms with Crippen molar-refractivity contribution in [1.82, 2.24) is 15.0 Å². The maximum atomic E-state index is 12.5. The van der Waals surface area contributed by atoms with Crippen molar-refractivity contribution < 1.29 is 4.74 Å². The van der Waals surface area contributed by atoms with Crippen LogP contribution in [0.3, 0.4) is 0 Å². The van der Waals surface area contributed by atoms with Crippen LogP contribution < -0.4 is 20.9 Å². The summed E-state index contributed by atoms with van der Waals surface area (Å²) < 4.78 is 5.32. The minimum Gasteiger partial charge on any atom is -0.491 e. The molecule has 0 aliphatic rings. The van der Waals surface area contributed by atoms with Gasteiger partial charge in [0.2, 0.25) is 5.95 Å². The normalized spacial score (nSPS) is 12.2. The smallest absolute Gasteiger partial charge is 0.253 e. The highest BCUT2D eigenvalue weighted by Crippen LogP contribution is 2.25. The third-order valence-electron chi connectivity index (χ3n) is 4.30. The predicted octanol–water partition coefficient (Wildman–Crippen LogP) is 4.22. The van der Waals surface area contributed by atoms with Gasteiger partial charge in [0.25, 0.3) is 5.56 Å². The van der Waals surface area contributed by atoms with Gasteiger partial charge in [-0.25, -0.2) is 4.98 Å². The molecule has 0 unspecified atom stereocenters. The van der Waals surface area contributed by atoms with Crippen molar-refractivity contribution in [2.24, 2.45) is 5.92 Å². The topological polar surface area (TPSA) is 91.9 Å². The molecule has 3 aromatic rings. The molecule has 3 rings (SSSR count). The molecule has 0 aliphatic carbocycles. The first-order valence-corrected chi connectivity index (χ1v) is 9.49. The molecule has 2 heterocycles. The lowest BCUT2D eigenvalue weighted by Gasteiger charge is -2.16. The Labute approximate surface area is 168 Å². The number of hydrogen-bond donors (Lipinski definition) is 3. The summed E-state index contributed by atoms with van der Waals surface area (Å²) in [5, 5.41) is 7.93. The van der Waals surface area contributed by atoms with E-state index in [1.165, 1.54) is 0 Å². The number of rotatable bonds is 7. The maximum absolute atomic E-state index is 12.5. The van der Waals surface area contributed by atoms with Crippen LogP contribution in [0, 0.1) is 5.92 Å². The predicted molar refractivity (Wildman–Crippen MR) is 114 cm³/mol. The zero-order chi connectivity index (χ0) is 20.3. The largest absolute Gasteiger partial charge is 0.491 e. The fourth-order valence-electron chi connectivity index (χ4n) is 2.80. The minimum absolute atomic E-state index is 0.165. The van der Waals surface area contributed by atoms with E-state index in [1.807, 2.05) is 19.1 Å². The van der Waals surface area contributed by atoms with E-state index >= 15 is 0 Å². The molecule has 148 valence electrons. The highest BCUT2D eigenvalue weighted by Gasteiger charge is 2.14. The number of benzene rings is 1. The van der Waals surface area contributed by atoms with Gasteiger partial charge >= 0.3 is 0 Å². The first-order chi connectivity index (χ1) is 13.4. The number of aromatic amines is 1. The number of fused-ring (bicyclic) bond motifs is 1. The van der Waals surface area contributed by atoms with Gasteiger partial charge in [0, 0.05) is 28.0 Å². The van der Waals surface area contributed by atoms with E-state index in [0.29, 0.717) is 34.0 Å². The molecule has 0 saturated heterocycles. The van der Waals surface area contributed by atoms with Crippen molar-refractivity contribution in [1.29, 1.82) is 0 Å². The van der Waals surface area contributed by atoms with E-state index in [-0.39, 0.29) is 11.6 Å². The van der Waals surface area contributed by atoms with E-state index in [1.54, 1.807) is 25.4 Å². The Hall–Kier alpha value is -2.80. The molecule has 2 aromatic heterocycles. The number of aromatic nitrogens is 3. The molecular weight excluding hydrogens is 378 g/mol. The van der Waals surface area contributed by atoms with Gasteiger partial charge in [0.1, 0.15) is 0 Å². The van der Waals surface area contributed by atoms with E-state index in [9.17, 15) is 4.79 Å². The molecule has 7 nitrogen and oxygen atoms in total. The van der Waals surface area contributed by atoms with E-state index in [4.69, 9.17) is 16.3 Å². The van der Waals surface area contributed by atoms with Gasteiger partial charge in [-0.3, -0.25) is 4.79 Å². The number of nitrogens with zero attached hydrogens (tertiary/aromatic N) is 2. The van der Waals surface area contributed by atoms with Gasteiger partial charge in [-0.15, -0.1) is 0 Å². The summed E-state index contributed by atoms with van der Waals surface area (Å²) in [5.74, 6) is 2.04. The van der Waals surface area contributed by atoms with Crippen LogP contribution in [0.5, 0.6) is 5.75 Å². The third kappa shape index (κ3) is 4.54. The van der Waals surface area contributed by atoms with Crippen molar-refractivity contribution in [3.63, 3.8) is 0 Å². The first-order valence-electron chi connectivity index (χ1n) is 9.11. The Balaban J connectivity index is 1.87. The van der Waals surface area contributed by atoms with Crippen LogP contribution in [-0.4, -0.2) is 28.6 Å². The lowest BCUT2D eigenvalue weighted by atomic mass is 10.1. The summed E-state index contributed by atoms with van der Waals surface area (Å²) in [5.41, 5.74) is 1.15. The monoisotopic (exact) mass is 401 g/mol. The summed E-state index contributed by atoms with van der Waals surface area (Å²) >= 11 is 6.07. The van der Waals surface area contributed by atoms with Crippen LogP contribution in [0.2, 0.25) is 5.02 Å². The average molecular weight is 402 g/mol. The first kappa shape index (κ1) is 19.9. The second-order valence-corrected chi connectivity index (χ2v) is 7.47. The molecule has 0 spiro atoms. The van der Waals surface area contributed by atoms with Gasteiger partial charge in [-0.1, -0.05) is 25.4 Å². The third-order valence-corrected chi connectivity index (χ3v) is 4.54. The van der Waals surface area contributed by atoms with Gasteiger partial charge in [0.05, 0.1) is 19.3 Å². The number of H-pyrrole nitrogens is 1. The Morgan fingerprint density at radius 2 is 2.04 bits per heavy atom. The number of methoxy groups -OCH3 is 1. The highest BCUT2D eigenvalue weighted by molar-refractivity contribution is 6.31. The van der Waals surface area contributed by atoms with Crippen molar-refractivity contribution in [3.05, 3.63) is 51.4 Å². The molecule has 0 fully saturated rings. The summed E-state index contributed by atoms with van der Waals surface area (Å²) in [6.07, 6.45) is 1.61. The molecule has 0 amide bonds. The Bertz CT molecular complexity index is 1030. The second kappa shape index (κ2) is 8.48. The fourth-order valence-corrected chi connectivity index (χ4v) is 2.99. The summed E-state index contributed by atoms with van der Waals surface area (Å²) in [6, 6.07) is 6.89. The standard InChI is InChI=1S/C20H24ClN5O2/c1-11(2)9-22-18-17(28-4)10-23-20(26-18)24-12(3)15-8-13-7-14(21)5-6-16(13)25-19(15)27/h5-8,10-12H,9H2,1-4H3,(H,25,27)(H2,22,23,24,26)/t12-/m0/s1. The SMILES string of the molecule is COc1cnc(N[C@@H](C)c2cc3cc(Cl)ccc3[nH]c2=O)nc1NCC(C)C.